The molecule has 0 spiro atoms. The van der Waals surface area contributed by atoms with Crippen molar-refractivity contribution in [1.82, 2.24) is 0 Å². The van der Waals surface area contributed by atoms with Crippen LogP contribution in [-0.2, 0) is 9.57 Å². The number of benzene rings is 1. The number of methoxy groups -OCH3 is 1. The van der Waals surface area contributed by atoms with Crippen LogP contribution in [0, 0.1) is 0 Å². The summed E-state index contributed by atoms with van der Waals surface area (Å²) in [5, 5.41) is 0.369. The predicted octanol–water partition coefficient (Wildman–Crippen LogP) is 2.12. The molecule has 0 aliphatic carbocycles. The number of esters is 1. The number of hydrogen-bond acceptors (Lipinski definition) is 4. The highest BCUT2D eigenvalue weighted by molar-refractivity contribution is 6.33. The summed E-state index contributed by atoms with van der Waals surface area (Å²) >= 11 is 5.97. The highest BCUT2D eigenvalue weighted by Crippen LogP contribution is 2.23. The largest absolute Gasteiger partial charge is 0.465 e. The molecule has 5 heteroatoms. The molecule has 0 aliphatic rings. The Morgan fingerprint density at radius 2 is 2.25 bits per heavy atom. The van der Waals surface area contributed by atoms with Crippen molar-refractivity contribution in [2.24, 2.45) is 5.90 Å². The van der Waals surface area contributed by atoms with Crippen LogP contribution in [0.1, 0.15) is 28.8 Å². The molecule has 88 valence electrons. The summed E-state index contributed by atoms with van der Waals surface area (Å²) in [5.41, 5.74) is 1.32. The van der Waals surface area contributed by atoms with E-state index in [1.807, 2.05) is 13.0 Å². The highest BCUT2D eigenvalue weighted by Gasteiger charge is 2.13. The van der Waals surface area contributed by atoms with Gasteiger partial charge in [-0.05, 0) is 17.7 Å². The Morgan fingerprint density at radius 3 is 2.75 bits per heavy atom. The summed E-state index contributed by atoms with van der Waals surface area (Å²) in [6.07, 6.45) is 0. The first-order valence-electron chi connectivity index (χ1n) is 4.79. The Bertz CT molecular complexity index is 381. The minimum Gasteiger partial charge on any atom is -0.465 e. The van der Waals surface area contributed by atoms with Gasteiger partial charge in [0.25, 0.3) is 0 Å². The van der Waals surface area contributed by atoms with Gasteiger partial charge in [-0.15, -0.1) is 0 Å². The first-order valence-corrected chi connectivity index (χ1v) is 5.17. The molecule has 0 amide bonds. The maximum absolute atomic E-state index is 11.3. The monoisotopic (exact) mass is 243 g/mol. The van der Waals surface area contributed by atoms with Crippen molar-refractivity contribution in [3.8, 4) is 0 Å². The summed E-state index contributed by atoms with van der Waals surface area (Å²) in [6.45, 7) is 2.35. The molecule has 0 saturated carbocycles. The molecule has 0 bridgehead atoms. The Hall–Kier alpha value is -1.10. The lowest BCUT2D eigenvalue weighted by molar-refractivity contribution is 0.0601. The molecule has 0 heterocycles. The summed E-state index contributed by atoms with van der Waals surface area (Å²) < 4.78 is 4.60. The Labute approximate surface area is 99.2 Å². The topological polar surface area (TPSA) is 61.5 Å². The Kier molecular flexibility index (Phi) is 4.73. The molecular weight excluding hydrogens is 230 g/mol. The number of ether oxygens (including phenoxy) is 1. The number of carbonyl (C=O) groups is 1. The van der Waals surface area contributed by atoms with E-state index in [0.29, 0.717) is 17.2 Å². The van der Waals surface area contributed by atoms with Crippen LogP contribution < -0.4 is 5.90 Å². The second kappa shape index (κ2) is 5.84. The van der Waals surface area contributed by atoms with Crippen LogP contribution in [-0.4, -0.2) is 19.7 Å². The van der Waals surface area contributed by atoms with Gasteiger partial charge in [0.05, 0.1) is 24.3 Å². The van der Waals surface area contributed by atoms with Crippen LogP contribution in [0.5, 0.6) is 0 Å². The molecule has 1 aromatic carbocycles. The molecule has 0 aliphatic heterocycles. The van der Waals surface area contributed by atoms with Gasteiger partial charge in [-0.2, -0.15) is 0 Å². The van der Waals surface area contributed by atoms with Gasteiger partial charge in [-0.1, -0.05) is 24.6 Å². The lowest BCUT2D eigenvalue weighted by atomic mass is 10.0. The van der Waals surface area contributed by atoms with Gasteiger partial charge >= 0.3 is 5.97 Å². The summed E-state index contributed by atoms with van der Waals surface area (Å²) in [5.74, 6) is 4.67. The molecular formula is C11H14ClNO3. The van der Waals surface area contributed by atoms with E-state index < -0.39 is 5.97 Å². The van der Waals surface area contributed by atoms with Crippen molar-refractivity contribution in [2.45, 2.75) is 12.8 Å². The van der Waals surface area contributed by atoms with Crippen LogP contribution >= 0.6 is 11.6 Å². The average Bonchev–Trinajstić information content (AvgIpc) is 2.28. The third kappa shape index (κ3) is 2.95. The molecule has 1 aromatic rings. The van der Waals surface area contributed by atoms with Gasteiger partial charge in [-0.3, -0.25) is 0 Å². The second-order valence-electron chi connectivity index (χ2n) is 3.47. The van der Waals surface area contributed by atoms with Gasteiger partial charge in [0.2, 0.25) is 0 Å². The van der Waals surface area contributed by atoms with Crippen LogP contribution in [0.15, 0.2) is 18.2 Å². The molecule has 0 aromatic heterocycles. The van der Waals surface area contributed by atoms with Gasteiger partial charge in [0.15, 0.2) is 0 Å². The smallest absolute Gasteiger partial charge is 0.339 e. The van der Waals surface area contributed by atoms with Crippen molar-refractivity contribution in [1.29, 1.82) is 0 Å². The van der Waals surface area contributed by atoms with Crippen LogP contribution in [0.2, 0.25) is 5.02 Å². The van der Waals surface area contributed by atoms with E-state index >= 15 is 0 Å². The fourth-order valence-corrected chi connectivity index (χ4v) is 1.62. The molecule has 2 N–H and O–H groups in total. The van der Waals surface area contributed by atoms with Crippen molar-refractivity contribution in [3.05, 3.63) is 34.3 Å². The molecule has 0 saturated heterocycles. The minimum atomic E-state index is -0.445. The van der Waals surface area contributed by atoms with Gasteiger partial charge in [-0.25, -0.2) is 10.7 Å². The molecule has 0 radical (unpaired) electrons. The van der Waals surface area contributed by atoms with E-state index in [-0.39, 0.29) is 5.92 Å². The van der Waals surface area contributed by atoms with Crippen molar-refractivity contribution in [2.75, 3.05) is 13.7 Å². The number of nitrogens with two attached hydrogens (primary N) is 1. The van der Waals surface area contributed by atoms with E-state index in [9.17, 15) is 4.79 Å². The van der Waals surface area contributed by atoms with E-state index in [0.717, 1.165) is 5.56 Å². The summed E-state index contributed by atoms with van der Waals surface area (Å²) in [7, 11) is 1.32. The molecule has 0 fully saturated rings. The van der Waals surface area contributed by atoms with Gasteiger partial charge in [0, 0.05) is 5.92 Å². The maximum Gasteiger partial charge on any atom is 0.339 e. The number of hydrogen-bond donors (Lipinski definition) is 1. The summed E-state index contributed by atoms with van der Waals surface area (Å²) in [4.78, 5) is 15.9. The average molecular weight is 244 g/mol. The Morgan fingerprint density at radius 1 is 1.56 bits per heavy atom. The normalized spacial score (nSPS) is 12.2. The van der Waals surface area contributed by atoms with Crippen LogP contribution in [0.25, 0.3) is 0 Å². The number of halogens is 1. The Balaban J connectivity index is 2.94. The maximum atomic E-state index is 11.3. The zero-order valence-electron chi connectivity index (χ0n) is 9.20. The predicted molar refractivity (Wildman–Crippen MR) is 61.3 cm³/mol. The molecule has 1 atom stereocenters. The van der Waals surface area contributed by atoms with Crippen molar-refractivity contribution >= 4 is 17.6 Å². The van der Waals surface area contributed by atoms with Gasteiger partial charge < -0.3 is 9.57 Å². The van der Waals surface area contributed by atoms with E-state index in [4.69, 9.17) is 17.5 Å². The number of rotatable bonds is 4. The van der Waals surface area contributed by atoms with Crippen molar-refractivity contribution < 1.29 is 14.4 Å². The lowest BCUT2D eigenvalue weighted by Crippen LogP contribution is -2.09. The molecule has 4 nitrogen and oxygen atoms in total. The standard InChI is InChI=1S/C11H14ClNO3/c1-7(6-16-13)8-3-4-9(10(12)5-8)11(14)15-2/h3-5,7H,6,13H2,1-2H3. The fourth-order valence-electron chi connectivity index (χ4n) is 1.35. The summed E-state index contributed by atoms with van der Waals surface area (Å²) in [6, 6.07) is 5.16. The third-order valence-electron chi connectivity index (χ3n) is 2.31. The van der Waals surface area contributed by atoms with E-state index in [2.05, 4.69) is 9.57 Å². The van der Waals surface area contributed by atoms with Gasteiger partial charge in [0.1, 0.15) is 0 Å². The van der Waals surface area contributed by atoms with E-state index in [1.54, 1.807) is 12.1 Å². The molecule has 1 rings (SSSR count). The zero-order chi connectivity index (χ0) is 12.1. The first-order chi connectivity index (χ1) is 7.60. The molecule has 16 heavy (non-hydrogen) atoms. The highest BCUT2D eigenvalue weighted by atomic mass is 35.5. The van der Waals surface area contributed by atoms with Crippen molar-refractivity contribution in [3.63, 3.8) is 0 Å². The quantitative estimate of drug-likeness (QED) is 0.650. The third-order valence-corrected chi connectivity index (χ3v) is 2.63. The minimum absolute atomic E-state index is 0.120. The fraction of sp³-hybridized carbons (Fsp3) is 0.364. The second-order valence-corrected chi connectivity index (χ2v) is 3.87. The first kappa shape index (κ1) is 13.0. The van der Waals surface area contributed by atoms with Crippen LogP contribution in [0.4, 0.5) is 0 Å². The number of carbonyl (C=O) groups excluding carboxylic acids is 1. The SMILES string of the molecule is COC(=O)c1ccc(C(C)CON)cc1Cl. The lowest BCUT2D eigenvalue weighted by Gasteiger charge is -2.11. The van der Waals surface area contributed by atoms with E-state index in [1.165, 1.54) is 7.11 Å². The van der Waals surface area contributed by atoms with Crippen LogP contribution in [0.3, 0.4) is 0 Å². The molecule has 1 unspecified atom stereocenters. The zero-order valence-corrected chi connectivity index (χ0v) is 9.95.